The maximum absolute atomic E-state index is 12.8. The van der Waals surface area contributed by atoms with Crippen LogP contribution in [0.4, 0.5) is 0 Å². The summed E-state index contributed by atoms with van der Waals surface area (Å²) in [5.74, 6) is 0.615. The Hall–Kier alpha value is -1.61. The number of ether oxygens (including phenoxy) is 1. The molecule has 0 N–H and O–H groups in total. The number of ketones is 1. The van der Waals surface area contributed by atoms with Crippen LogP contribution in [-0.2, 0) is 0 Å². The predicted molar refractivity (Wildman–Crippen MR) is 84.7 cm³/mol. The number of hydrogen-bond donors (Lipinski definition) is 0. The Labute approximate surface area is 127 Å². The Kier molecular flexibility index (Phi) is 4.61. The molecule has 0 aliphatic heterocycles. The van der Waals surface area contributed by atoms with Crippen LogP contribution in [0.1, 0.15) is 34.0 Å². The molecule has 0 saturated heterocycles. The van der Waals surface area contributed by atoms with Crippen molar-refractivity contribution in [1.82, 2.24) is 0 Å². The molecule has 2 aromatic rings. The molecule has 0 saturated carbocycles. The van der Waals surface area contributed by atoms with Crippen LogP contribution in [0.2, 0.25) is 0 Å². The number of carbonyl (C=O) groups excluding carboxylic acids is 1. The van der Waals surface area contributed by atoms with Crippen molar-refractivity contribution in [2.75, 3.05) is 6.61 Å². The van der Waals surface area contributed by atoms with Crippen LogP contribution in [0.5, 0.6) is 5.75 Å². The molecule has 0 radical (unpaired) electrons. The van der Waals surface area contributed by atoms with Crippen molar-refractivity contribution in [1.29, 1.82) is 0 Å². The topological polar surface area (TPSA) is 26.3 Å². The zero-order valence-corrected chi connectivity index (χ0v) is 13.5. The van der Waals surface area contributed by atoms with E-state index in [0.717, 1.165) is 15.6 Å². The van der Waals surface area contributed by atoms with E-state index in [-0.39, 0.29) is 5.78 Å². The smallest absolute Gasteiger partial charge is 0.197 e. The third-order valence-electron chi connectivity index (χ3n) is 3.12. The molecule has 2 nitrogen and oxygen atoms in total. The second kappa shape index (κ2) is 6.23. The summed E-state index contributed by atoms with van der Waals surface area (Å²) in [4.78, 5) is 12.8. The minimum absolute atomic E-state index is 0.0206. The Balaban J connectivity index is 2.52. The van der Waals surface area contributed by atoms with Crippen molar-refractivity contribution in [3.8, 4) is 5.75 Å². The first-order valence-corrected chi connectivity index (χ1v) is 7.37. The molecule has 0 aliphatic carbocycles. The Morgan fingerprint density at radius 1 is 1.15 bits per heavy atom. The highest BCUT2D eigenvalue weighted by Gasteiger charge is 2.18. The van der Waals surface area contributed by atoms with E-state index < -0.39 is 0 Å². The molecule has 2 aromatic carbocycles. The lowest BCUT2D eigenvalue weighted by molar-refractivity contribution is 0.103. The van der Waals surface area contributed by atoms with E-state index in [1.807, 2.05) is 57.2 Å². The zero-order chi connectivity index (χ0) is 14.7. The zero-order valence-electron chi connectivity index (χ0n) is 11.9. The summed E-state index contributed by atoms with van der Waals surface area (Å²) in [5, 5.41) is 0. The highest BCUT2D eigenvalue weighted by Crippen LogP contribution is 2.28. The lowest BCUT2D eigenvalue weighted by Gasteiger charge is -2.12. The van der Waals surface area contributed by atoms with Crippen molar-refractivity contribution >= 4 is 21.7 Å². The molecule has 0 heterocycles. The molecule has 0 aliphatic rings. The summed E-state index contributed by atoms with van der Waals surface area (Å²) in [5.41, 5.74) is 3.36. The number of halogens is 1. The highest BCUT2D eigenvalue weighted by molar-refractivity contribution is 9.10. The van der Waals surface area contributed by atoms with Crippen molar-refractivity contribution in [2.45, 2.75) is 20.8 Å². The van der Waals surface area contributed by atoms with Gasteiger partial charge in [-0.25, -0.2) is 0 Å². The average Bonchev–Trinajstić information content (AvgIpc) is 2.43. The maximum Gasteiger partial charge on any atom is 0.197 e. The SMILES string of the molecule is CCOc1ccc(C)cc1C(=O)c1cccc(C)c1Br. The van der Waals surface area contributed by atoms with Crippen molar-refractivity contribution in [3.05, 3.63) is 63.1 Å². The van der Waals surface area contributed by atoms with E-state index in [0.29, 0.717) is 23.5 Å². The van der Waals surface area contributed by atoms with E-state index in [1.54, 1.807) is 0 Å². The largest absolute Gasteiger partial charge is 0.493 e. The van der Waals surface area contributed by atoms with Gasteiger partial charge in [0, 0.05) is 10.0 Å². The van der Waals surface area contributed by atoms with Gasteiger partial charge in [-0.15, -0.1) is 0 Å². The van der Waals surface area contributed by atoms with Crippen LogP contribution >= 0.6 is 15.9 Å². The normalized spacial score (nSPS) is 10.4. The summed E-state index contributed by atoms with van der Waals surface area (Å²) >= 11 is 3.50. The Morgan fingerprint density at radius 2 is 1.90 bits per heavy atom. The summed E-state index contributed by atoms with van der Waals surface area (Å²) < 4.78 is 6.41. The lowest BCUT2D eigenvalue weighted by Crippen LogP contribution is -2.07. The first-order valence-electron chi connectivity index (χ1n) is 6.58. The van der Waals surface area contributed by atoms with E-state index in [9.17, 15) is 4.79 Å². The Morgan fingerprint density at radius 3 is 2.60 bits per heavy atom. The fraction of sp³-hybridized carbons (Fsp3) is 0.235. The second-order valence-corrected chi connectivity index (χ2v) is 5.49. The van der Waals surface area contributed by atoms with Crippen LogP contribution in [-0.4, -0.2) is 12.4 Å². The van der Waals surface area contributed by atoms with Crippen LogP contribution in [0.25, 0.3) is 0 Å². The predicted octanol–water partition coefficient (Wildman–Crippen LogP) is 4.70. The fourth-order valence-corrected chi connectivity index (χ4v) is 2.51. The first kappa shape index (κ1) is 14.8. The second-order valence-electron chi connectivity index (χ2n) is 4.70. The lowest BCUT2D eigenvalue weighted by atomic mass is 9.99. The third kappa shape index (κ3) is 2.93. The molecule has 0 bridgehead atoms. The molecule has 0 spiro atoms. The number of rotatable bonds is 4. The van der Waals surface area contributed by atoms with Gasteiger partial charge in [0.2, 0.25) is 0 Å². The fourth-order valence-electron chi connectivity index (χ4n) is 2.07. The summed E-state index contributed by atoms with van der Waals surface area (Å²) in [6, 6.07) is 11.4. The van der Waals surface area contributed by atoms with Crippen molar-refractivity contribution < 1.29 is 9.53 Å². The minimum atomic E-state index is -0.0206. The van der Waals surface area contributed by atoms with Gasteiger partial charge in [0.15, 0.2) is 5.78 Å². The number of carbonyl (C=O) groups is 1. The van der Waals surface area contributed by atoms with Gasteiger partial charge in [-0.05, 0) is 60.5 Å². The van der Waals surface area contributed by atoms with Gasteiger partial charge >= 0.3 is 0 Å². The van der Waals surface area contributed by atoms with Gasteiger partial charge in [-0.1, -0.05) is 23.8 Å². The Bertz CT molecular complexity index is 647. The van der Waals surface area contributed by atoms with Gasteiger partial charge in [0.25, 0.3) is 0 Å². The van der Waals surface area contributed by atoms with E-state index >= 15 is 0 Å². The van der Waals surface area contributed by atoms with Crippen LogP contribution < -0.4 is 4.74 Å². The molecule has 0 atom stereocenters. The van der Waals surface area contributed by atoms with Gasteiger partial charge in [-0.3, -0.25) is 4.79 Å². The molecule has 0 amide bonds. The monoisotopic (exact) mass is 332 g/mol. The van der Waals surface area contributed by atoms with Crippen LogP contribution in [0, 0.1) is 13.8 Å². The molecule has 20 heavy (non-hydrogen) atoms. The quantitative estimate of drug-likeness (QED) is 0.759. The highest BCUT2D eigenvalue weighted by atomic mass is 79.9. The van der Waals surface area contributed by atoms with Crippen LogP contribution in [0.3, 0.4) is 0 Å². The summed E-state index contributed by atoms with van der Waals surface area (Å²) in [6.07, 6.45) is 0. The molecule has 104 valence electrons. The molecule has 0 aromatic heterocycles. The molecule has 2 rings (SSSR count). The molecule has 3 heteroatoms. The standard InChI is InChI=1S/C17H17BrO2/c1-4-20-15-9-8-11(2)10-14(15)17(19)13-7-5-6-12(3)16(13)18/h5-10H,4H2,1-3H3. The minimum Gasteiger partial charge on any atom is -0.493 e. The maximum atomic E-state index is 12.8. The molecule has 0 unspecified atom stereocenters. The molecule has 0 fully saturated rings. The molecular weight excluding hydrogens is 316 g/mol. The number of aryl methyl sites for hydroxylation is 2. The van der Waals surface area contributed by atoms with Crippen molar-refractivity contribution in [3.63, 3.8) is 0 Å². The number of benzene rings is 2. The van der Waals surface area contributed by atoms with Gasteiger partial charge in [0.05, 0.1) is 12.2 Å². The summed E-state index contributed by atoms with van der Waals surface area (Å²) in [6.45, 7) is 6.40. The van der Waals surface area contributed by atoms with Gasteiger partial charge in [-0.2, -0.15) is 0 Å². The molecular formula is C17H17BrO2. The van der Waals surface area contributed by atoms with E-state index in [1.165, 1.54) is 0 Å². The average molecular weight is 333 g/mol. The third-order valence-corrected chi connectivity index (χ3v) is 4.17. The van der Waals surface area contributed by atoms with Crippen LogP contribution in [0.15, 0.2) is 40.9 Å². The first-order chi connectivity index (χ1) is 9.54. The van der Waals surface area contributed by atoms with Gasteiger partial charge < -0.3 is 4.74 Å². The van der Waals surface area contributed by atoms with E-state index in [2.05, 4.69) is 15.9 Å². The number of hydrogen-bond acceptors (Lipinski definition) is 2. The van der Waals surface area contributed by atoms with Gasteiger partial charge in [0.1, 0.15) is 5.75 Å². The summed E-state index contributed by atoms with van der Waals surface area (Å²) in [7, 11) is 0. The van der Waals surface area contributed by atoms with Crippen molar-refractivity contribution in [2.24, 2.45) is 0 Å². The van der Waals surface area contributed by atoms with E-state index in [4.69, 9.17) is 4.74 Å².